The summed E-state index contributed by atoms with van der Waals surface area (Å²) in [5.41, 5.74) is 1.92. The highest BCUT2D eigenvalue weighted by molar-refractivity contribution is 5.40. The van der Waals surface area contributed by atoms with Gasteiger partial charge in [-0.1, -0.05) is 24.3 Å². The smallest absolute Gasteiger partial charge is 0.132 e. The quantitative estimate of drug-likeness (QED) is 0.804. The van der Waals surface area contributed by atoms with E-state index in [4.69, 9.17) is 4.74 Å². The minimum Gasteiger partial charge on any atom is -0.383 e. The molecule has 1 N–H and O–H groups in total. The topological polar surface area (TPSA) is 45.0 Å². The van der Waals surface area contributed by atoms with Gasteiger partial charge in [0.05, 0.1) is 12.7 Å². The zero-order chi connectivity index (χ0) is 12.1. The first-order valence-electron chi connectivity index (χ1n) is 6.06. The molecule has 0 saturated carbocycles. The Labute approximate surface area is 102 Å². The Bertz CT molecular complexity index is 424. The van der Waals surface area contributed by atoms with E-state index < -0.39 is 5.54 Å². The van der Waals surface area contributed by atoms with Crippen molar-refractivity contribution >= 4 is 0 Å². The van der Waals surface area contributed by atoms with Crippen LogP contribution in [0.2, 0.25) is 0 Å². The summed E-state index contributed by atoms with van der Waals surface area (Å²) in [6.45, 7) is 1.34. The Morgan fingerprint density at radius 1 is 1.47 bits per heavy atom. The van der Waals surface area contributed by atoms with E-state index in [2.05, 4.69) is 23.5 Å². The molecular formula is C14H18N2O. The first kappa shape index (κ1) is 12.1. The molecule has 2 rings (SSSR count). The van der Waals surface area contributed by atoms with Crippen LogP contribution in [-0.4, -0.2) is 20.3 Å². The fourth-order valence-corrected chi connectivity index (χ4v) is 2.54. The monoisotopic (exact) mass is 230 g/mol. The molecule has 90 valence electrons. The Balaban J connectivity index is 2.27. The van der Waals surface area contributed by atoms with Gasteiger partial charge in [-0.05, 0) is 30.4 Å². The molecule has 0 radical (unpaired) electrons. The molecule has 1 unspecified atom stereocenters. The van der Waals surface area contributed by atoms with Crippen molar-refractivity contribution in [2.45, 2.75) is 24.8 Å². The SMILES string of the molecule is COCCNC1(C#N)CCCc2ccccc21. The van der Waals surface area contributed by atoms with Gasteiger partial charge < -0.3 is 4.74 Å². The maximum absolute atomic E-state index is 9.53. The average Bonchev–Trinajstić information content (AvgIpc) is 2.39. The van der Waals surface area contributed by atoms with Crippen LogP contribution >= 0.6 is 0 Å². The molecule has 0 aromatic heterocycles. The van der Waals surface area contributed by atoms with Crippen molar-refractivity contribution in [1.82, 2.24) is 5.32 Å². The van der Waals surface area contributed by atoms with Gasteiger partial charge in [0.15, 0.2) is 0 Å². The van der Waals surface area contributed by atoms with E-state index in [-0.39, 0.29) is 0 Å². The summed E-state index contributed by atoms with van der Waals surface area (Å²) in [6, 6.07) is 10.7. The summed E-state index contributed by atoms with van der Waals surface area (Å²) in [7, 11) is 1.68. The van der Waals surface area contributed by atoms with Crippen molar-refractivity contribution < 1.29 is 4.74 Å². The Morgan fingerprint density at radius 3 is 3.06 bits per heavy atom. The van der Waals surface area contributed by atoms with E-state index >= 15 is 0 Å². The van der Waals surface area contributed by atoms with Crippen molar-refractivity contribution in [1.29, 1.82) is 5.26 Å². The Kier molecular flexibility index (Phi) is 3.78. The zero-order valence-corrected chi connectivity index (χ0v) is 10.2. The maximum Gasteiger partial charge on any atom is 0.132 e. The summed E-state index contributed by atoms with van der Waals surface area (Å²) in [4.78, 5) is 0. The van der Waals surface area contributed by atoms with Gasteiger partial charge in [-0.25, -0.2) is 0 Å². The molecule has 3 nitrogen and oxygen atoms in total. The summed E-state index contributed by atoms with van der Waals surface area (Å²) >= 11 is 0. The maximum atomic E-state index is 9.53. The van der Waals surface area contributed by atoms with Gasteiger partial charge in [-0.2, -0.15) is 5.26 Å². The number of benzene rings is 1. The lowest BCUT2D eigenvalue weighted by atomic mass is 9.77. The highest BCUT2D eigenvalue weighted by atomic mass is 16.5. The molecule has 0 aliphatic heterocycles. The van der Waals surface area contributed by atoms with E-state index in [1.165, 1.54) is 5.56 Å². The number of fused-ring (bicyclic) bond motifs is 1. The van der Waals surface area contributed by atoms with Crippen molar-refractivity contribution in [2.75, 3.05) is 20.3 Å². The molecule has 3 heteroatoms. The van der Waals surface area contributed by atoms with Crippen LogP contribution in [0.15, 0.2) is 24.3 Å². The lowest BCUT2D eigenvalue weighted by molar-refractivity contribution is 0.188. The van der Waals surface area contributed by atoms with Gasteiger partial charge in [-0.15, -0.1) is 0 Å². The first-order valence-corrected chi connectivity index (χ1v) is 6.06. The Morgan fingerprint density at radius 2 is 2.29 bits per heavy atom. The third-order valence-corrected chi connectivity index (χ3v) is 3.40. The van der Waals surface area contributed by atoms with Gasteiger partial charge >= 0.3 is 0 Å². The number of ether oxygens (including phenoxy) is 1. The third-order valence-electron chi connectivity index (χ3n) is 3.40. The predicted octanol–water partition coefficient (Wildman–Crippen LogP) is 1.98. The van der Waals surface area contributed by atoms with Crippen molar-refractivity contribution in [3.8, 4) is 6.07 Å². The summed E-state index contributed by atoms with van der Waals surface area (Å²) in [6.07, 6.45) is 3.01. The molecule has 1 atom stereocenters. The average molecular weight is 230 g/mol. The summed E-state index contributed by atoms with van der Waals surface area (Å²) < 4.78 is 5.04. The normalized spacial score (nSPS) is 22.8. The zero-order valence-electron chi connectivity index (χ0n) is 10.2. The van der Waals surface area contributed by atoms with Crippen LogP contribution in [0, 0.1) is 11.3 Å². The second kappa shape index (κ2) is 5.31. The number of hydrogen-bond acceptors (Lipinski definition) is 3. The minimum atomic E-state index is -0.520. The second-order valence-electron chi connectivity index (χ2n) is 4.45. The number of methoxy groups -OCH3 is 1. The van der Waals surface area contributed by atoms with Gasteiger partial charge in [0, 0.05) is 13.7 Å². The van der Waals surface area contributed by atoms with Crippen LogP contribution in [-0.2, 0) is 16.7 Å². The van der Waals surface area contributed by atoms with E-state index in [0.29, 0.717) is 13.2 Å². The lowest BCUT2D eigenvalue weighted by Crippen LogP contribution is -2.45. The molecule has 0 heterocycles. The van der Waals surface area contributed by atoms with Crippen LogP contribution in [0.25, 0.3) is 0 Å². The Hall–Kier alpha value is -1.37. The standard InChI is InChI=1S/C14H18N2O/c1-17-10-9-16-14(11-15)8-4-6-12-5-2-3-7-13(12)14/h2-3,5,7,16H,4,6,8-10H2,1H3. The predicted molar refractivity (Wildman–Crippen MR) is 66.5 cm³/mol. The molecule has 0 amide bonds. The van der Waals surface area contributed by atoms with Gasteiger partial charge in [0.2, 0.25) is 0 Å². The van der Waals surface area contributed by atoms with E-state index in [1.807, 2.05) is 12.1 Å². The molecule has 0 fully saturated rings. The highest BCUT2D eigenvalue weighted by Crippen LogP contribution is 2.34. The van der Waals surface area contributed by atoms with Gasteiger partial charge in [0.1, 0.15) is 5.54 Å². The molecule has 0 bridgehead atoms. The molecule has 0 spiro atoms. The summed E-state index contributed by atoms with van der Waals surface area (Å²) in [5.74, 6) is 0. The van der Waals surface area contributed by atoms with Crippen LogP contribution in [0.4, 0.5) is 0 Å². The summed E-state index contributed by atoms with van der Waals surface area (Å²) in [5, 5.41) is 12.9. The van der Waals surface area contributed by atoms with Crippen LogP contribution in [0.1, 0.15) is 24.0 Å². The molecule has 1 aromatic rings. The fraction of sp³-hybridized carbons (Fsp3) is 0.500. The molecule has 17 heavy (non-hydrogen) atoms. The molecular weight excluding hydrogens is 212 g/mol. The largest absolute Gasteiger partial charge is 0.383 e. The second-order valence-corrected chi connectivity index (χ2v) is 4.45. The van der Waals surface area contributed by atoms with Crippen LogP contribution in [0.5, 0.6) is 0 Å². The number of hydrogen-bond donors (Lipinski definition) is 1. The minimum absolute atomic E-state index is 0.520. The number of nitrogens with zero attached hydrogens (tertiary/aromatic N) is 1. The molecule has 1 aliphatic carbocycles. The molecule has 1 aliphatic rings. The third kappa shape index (κ3) is 2.33. The number of aryl methyl sites for hydroxylation is 1. The van der Waals surface area contributed by atoms with Crippen LogP contribution < -0.4 is 5.32 Å². The molecule has 0 saturated heterocycles. The van der Waals surface area contributed by atoms with E-state index in [1.54, 1.807) is 7.11 Å². The number of rotatable bonds is 4. The van der Waals surface area contributed by atoms with E-state index in [9.17, 15) is 5.26 Å². The van der Waals surface area contributed by atoms with Crippen molar-refractivity contribution in [3.63, 3.8) is 0 Å². The van der Waals surface area contributed by atoms with Crippen LogP contribution in [0.3, 0.4) is 0 Å². The van der Waals surface area contributed by atoms with E-state index in [0.717, 1.165) is 24.8 Å². The highest BCUT2D eigenvalue weighted by Gasteiger charge is 2.35. The van der Waals surface area contributed by atoms with Crippen molar-refractivity contribution in [2.24, 2.45) is 0 Å². The van der Waals surface area contributed by atoms with Crippen molar-refractivity contribution in [3.05, 3.63) is 35.4 Å². The molecule has 1 aromatic carbocycles. The fourth-order valence-electron chi connectivity index (χ4n) is 2.54. The van der Waals surface area contributed by atoms with Gasteiger partial charge in [0.25, 0.3) is 0 Å². The number of nitriles is 1. The first-order chi connectivity index (χ1) is 8.32. The number of nitrogens with one attached hydrogen (secondary N) is 1. The lowest BCUT2D eigenvalue weighted by Gasteiger charge is -2.34. The van der Waals surface area contributed by atoms with Gasteiger partial charge in [-0.3, -0.25) is 5.32 Å².